The zero-order valence-corrected chi connectivity index (χ0v) is 18.2. The van der Waals surface area contributed by atoms with Gasteiger partial charge < -0.3 is 4.42 Å². The summed E-state index contributed by atoms with van der Waals surface area (Å²) in [5, 5.41) is 1.52. The van der Waals surface area contributed by atoms with Gasteiger partial charge in [0.1, 0.15) is 11.4 Å². The van der Waals surface area contributed by atoms with Gasteiger partial charge in [0.2, 0.25) is 5.71 Å². The Labute approximate surface area is 191 Å². The maximum atomic E-state index is 14.7. The minimum Gasteiger partial charge on any atom is -0.437 e. The molecule has 2 aromatic carbocycles. The van der Waals surface area contributed by atoms with E-state index in [0.29, 0.717) is 28.8 Å². The van der Waals surface area contributed by atoms with Crippen molar-refractivity contribution in [1.82, 2.24) is 9.97 Å². The number of nitrogens with zero attached hydrogens (tertiary/aromatic N) is 2. The predicted octanol–water partition coefficient (Wildman–Crippen LogP) is 7.38. The van der Waals surface area contributed by atoms with E-state index in [1.165, 1.54) is 17.8 Å². The highest BCUT2D eigenvalue weighted by Gasteiger charge is 2.16. The minimum atomic E-state index is -2.32. The Morgan fingerprint density at radius 3 is 2.56 bits per heavy atom. The van der Waals surface area contributed by atoms with Crippen LogP contribution in [0.15, 0.2) is 71.3 Å². The second-order valence-corrected chi connectivity index (χ2v) is 9.12. The van der Waals surface area contributed by atoms with Crippen LogP contribution in [0.5, 0.6) is 0 Å². The van der Waals surface area contributed by atoms with Crippen LogP contribution in [0.1, 0.15) is 47.3 Å². The molecule has 0 saturated heterocycles. The lowest BCUT2D eigenvalue weighted by Gasteiger charge is -2.19. The van der Waals surface area contributed by atoms with Crippen molar-refractivity contribution in [2.75, 3.05) is 0 Å². The average molecular weight is 428 g/mol. The summed E-state index contributed by atoms with van der Waals surface area (Å²) in [6, 6.07) is 18.8. The first-order valence-electron chi connectivity index (χ1n) is 12.1. The molecule has 3 heterocycles. The zero-order chi connectivity index (χ0) is 25.0. The van der Waals surface area contributed by atoms with Gasteiger partial charge >= 0.3 is 0 Å². The van der Waals surface area contributed by atoms with E-state index in [0.717, 1.165) is 16.3 Å². The van der Waals surface area contributed by atoms with Gasteiger partial charge in [0.05, 0.1) is 11.9 Å². The molecule has 0 amide bonds. The van der Waals surface area contributed by atoms with Crippen molar-refractivity contribution in [2.45, 2.75) is 39.5 Å². The maximum Gasteiger partial charge on any atom is 0.227 e. The molecule has 5 rings (SSSR count). The third-order valence-corrected chi connectivity index (χ3v) is 5.79. The van der Waals surface area contributed by atoms with E-state index in [-0.39, 0.29) is 22.6 Å². The second-order valence-electron chi connectivity index (χ2n) is 9.12. The summed E-state index contributed by atoms with van der Waals surface area (Å²) in [5.41, 5.74) is 4.87. The summed E-state index contributed by atoms with van der Waals surface area (Å²) in [6.45, 7) is 4.16. The van der Waals surface area contributed by atoms with Crippen LogP contribution in [0, 0.1) is 12.7 Å². The molecule has 0 aliphatic carbocycles. The number of hydrogen-bond acceptors (Lipinski definition) is 3. The lowest BCUT2D eigenvalue weighted by Crippen LogP contribution is -2.10. The Hall–Kier alpha value is -3.53. The lowest BCUT2D eigenvalue weighted by atomic mass is 9.86. The summed E-state index contributed by atoms with van der Waals surface area (Å²) < 4.78 is 43.6. The number of hydrogen-bond donors (Lipinski definition) is 0. The third kappa shape index (κ3) is 3.66. The second kappa shape index (κ2) is 7.56. The van der Waals surface area contributed by atoms with Crippen molar-refractivity contribution in [3.8, 4) is 11.3 Å². The van der Waals surface area contributed by atoms with Crippen molar-refractivity contribution in [1.29, 1.82) is 0 Å². The van der Waals surface area contributed by atoms with Crippen LogP contribution in [0.4, 0.5) is 4.39 Å². The number of para-hydroxylation sites is 1. The number of halogens is 1. The van der Waals surface area contributed by atoms with Crippen LogP contribution in [-0.4, -0.2) is 9.97 Å². The fourth-order valence-electron chi connectivity index (χ4n) is 3.99. The van der Waals surface area contributed by atoms with Crippen LogP contribution >= 0.6 is 0 Å². The van der Waals surface area contributed by atoms with Gasteiger partial charge in [-0.1, -0.05) is 57.2 Å². The van der Waals surface area contributed by atoms with E-state index >= 15 is 0 Å². The van der Waals surface area contributed by atoms with Crippen molar-refractivity contribution in [3.05, 3.63) is 95.1 Å². The van der Waals surface area contributed by atoms with Crippen molar-refractivity contribution in [3.63, 3.8) is 0 Å². The van der Waals surface area contributed by atoms with Crippen LogP contribution in [0.25, 0.3) is 33.3 Å². The molecule has 3 nitrogen and oxygen atoms in total. The number of pyridine rings is 2. The molecule has 0 saturated carbocycles. The molecule has 0 aliphatic heterocycles. The highest BCUT2D eigenvalue weighted by Crippen LogP contribution is 2.35. The zero-order valence-electron chi connectivity index (χ0n) is 21.2. The fourth-order valence-corrected chi connectivity index (χ4v) is 3.99. The van der Waals surface area contributed by atoms with E-state index in [1.54, 1.807) is 12.1 Å². The van der Waals surface area contributed by atoms with Gasteiger partial charge in [0.15, 0.2) is 0 Å². The first kappa shape index (κ1) is 17.1. The van der Waals surface area contributed by atoms with Gasteiger partial charge in [-0.25, -0.2) is 9.37 Å². The van der Waals surface area contributed by atoms with Gasteiger partial charge in [-0.15, -0.1) is 0 Å². The topological polar surface area (TPSA) is 38.9 Å². The molecule has 0 N–H and O–H groups in total. The Bertz CT molecular complexity index is 1550. The molecule has 0 bridgehead atoms. The van der Waals surface area contributed by atoms with E-state index in [9.17, 15) is 4.39 Å². The molecular formula is C28H25FN2O. The van der Waals surface area contributed by atoms with Crippen molar-refractivity contribution < 1.29 is 12.9 Å². The molecular weight excluding hydrogens is 399 g/mol. The number of furan rings is 1. The van der Waals surface area contributed by atoms with E-state index in [4.69, 9.17) is 8.53 Å². The number of aryl methyl sites for hydroxylation is 1. The van der Waals surface area contributed by atoms with Crippen LogP contribution in [-0.2, 0) is 11.8 Å². The number of rotatable bonds is 3. The fraction of sp³-hybridized carbons (Fsp3) is 0.214. The highest BCUT2D eigenvalue weighted by atomic mass is 19.1. The molecule has 0 spiro atoms. The minimum absolute atomic E-state index is 0.0229. The Morgan fingerprint density at radius 2 is 1.81 bits per heavy atom. The highest BCUT2D eigenvalue weighted by molar-refractivity contribution is 6.08. The normalized spacial score (nSPS) is 13.8. The number of fused-ring (bicyclic) bond motifs is 3. The molecule has 4 heteroatoms. The molecule has 0 unspecified atom stereocenters. The number of aromatic nitrogens is 2. The summed E-state index contributed by atoms with van der Waals surface area (Å²) >= 11 is 0. The predicted molar refractivity (Wildman–Crippen MR) is 127 cm³/mol. The first-order valence-corrected chi connectivity index (χ1v) is 10.6. The molecule has 0 atom stereocenters. The molecule has 32 heavy (non-hydrogen) atoms. The molecule has 3 aromatic heterocycles. The monoisotopic (exact) mass is 427 g/mol. The van der Waals surface area contributed by atoms with Gasteiger partial charge in [-0.3, -0.25) is 4.98 Å². The van der Waals surface area contributed by atoms with Crippen LogP contribution in [0.2, 0.25) is 0 Å². The quantitative estimate of drug-likeness (QED) is 0.301. The summed E-state index contributed by atoms with van der Waals surface area (Å²) in [7, 11) is 0. The van der Waals surface area contributed by atoms with Crippen molar-refractivity contribution >= 4 is 22.1 Å². The van der Waals surface area contributed by atoms with Crippen LogP contribution < -0.4 is 0 Å². The molecule has 0 aliphatic rings. The first-order chi connectivity index (χ1) is 16.5. The SMILES string of the molecule is [2H]C([2H])([2H])c1ccc2c(n1)oc1c(-c3cc(Cc4ccc(C(C)(C)C)cc4)c(F)cn3)cccc12. The van der Waals surface area contributed by atoms with Gasteiger partial charge in [0.25, 0.3) is 0 Å². The Balaban J connectivity index is 1.55. The largest absolute Gasteiger partial charge is 0.437 e. The standard InChI is InChI=1S/C28H25FN2O/c1-17-8-13-22-21-6-5-7-23(26(21)32-27(22)31-17)25-15-19(24(29)16-30-25)14-18-9-11-20(12-10-18)28(2,3)4/h5-13,15-16H,14H2,1-4H3/i1D3. The van der Waals surface area contributed by atoms with Crippen LogP contribution in [0.3, 0.4) is 0 Å². The van der Waals surface area contributed by atoms with Gasteiger partial charge in [0, 0.05) is 32.6 Å². The Morgan fingerprint density at radius 1 is 1.00 bits per heavy atom. The third-order valence-electron chi connectivity index (χ3n) is 5.79. The molecule has 5 aromatic rings. The summed E-state index contributed by atoms with van der Waals surface area (Å²) in [4.78, 5) is 8.55. The molecule has 160 valence electrons. The lowest BCUT2D eigenvalue weighted by molar-refractivity contribution is 0.589. The Kier molecular flexibility index (Phi) is 4.03. The molecule has 0 fully saturated rings. The van der Waals surface area contributed by atoms with Gasteiger partial charge in [-0.05, 0) is 53.2 Å². The van der Waals surface area contributed by atoms with E-state index < -0.39 is 6.85 Å². The average Bonchev–Trinajstić information content (AvgIpc) is 3.18. The number of benzene rings is 2. The van der Waals surface area contributed by atoms with E-state index in [1.807, 2.05) is 30.3 Å². The summed E-state index contributed by atoms with van der Waals surface area (Å²) in [6.07, 6.45) is 1.67. The van der Waals surface area contributed by atoms with Crippen molar-refractivity contribution in [2.24, 2.45) is 0 Å². The van der Waals surface area contributed by atoms with Gasteiger partial charge in [-0.2, -0.15) is 0 Å². The summed E-state index contributed by atoms with van der Waals surface area (Å²) in [5.74, 6) is -0.366. The maximum absolute atomic E-state index is 14.7. The molecule has 0 radical (unpaired) electrons. The smallest absolute Gasteiger partial charge is 0.227 e. The van der Waals surface area contributed by atoms with E-state index in [2.05, 4.69) is 42.9 Å².